The van der Waals surface area contributed by atoms with E-state index in [4.69, 9.17) is 10.6 Å². The van der Waals surface area contributed by atoms with E-state index < -0.39 is 0 Å². The number of aromatic nitrogens is 3. The van der Waals surface area contributed by atoms with Crippen LogP contribution in [0.15, 0.2) is 47.6 Å². The minimum Gasteiger partial charge on any atom is -0.494 e. The van der Waals surface area contributed by atoms with Gasteiger partial charge in [0.25, 0.3) is 0 Å². The molecule has 0 aliphatic rings. The van der Waals surface area contributed by atoms with E-state index in [1.807, 2.05) is 57.2 Å². The number of benzene rings is 2. The van der Waals surface area contributed by atoms with Crippen LogP contribution in [0.1, 0.15) is 18.1 Å². The summed E-state index contributed by atoms with van der Waals surface area (Å²) in [4.78, 5) is 12.3. The largest absolute Gasteiger partial charge is 0.494 e. The maximum absolute atomic E-state index is 12.3. The first-order valence-electron chi connectivity index (χ1n) is 8.91. The Balaban J connectivity index is 1.66. The van der Waals surface area contributed by atoms with E-state index >= 15 is 0 Å². The van der Waals surface area contributed by atoms with E-state index in [-0.39, 0.29) is 11.7 Å². The molecule has 28 heavy (non-hydrogen) atoms. The van der Waals surface area contributed by atoms with Crippen molar-refractivity contribution in [1.29, 1.82) is 0 Å². The predicted molar refractivity (Wildman–Crippen MR) is 112 cm³/mol. The van der Waals surface area contributed by atoms with E-state index in [1.54, 1.807) is 0 Å². The fraction of sp³-hybridized carbons (Fsp3) is 0.250. The molecule has 7 nitrogen and oxygen atoms in total. The molecular weight excluding hydrogens is 374 g/mol. The standard InChI is InChI=1S/C20H23N5O2S/c1-4-27-17-7-5-6-15(11-17)19-23-24-20(25(19)21)28-12-18(26)22-16-9-13(2)8-14(3)10-16/h5-11H,4,12,21H2,1-3H3,(H,22,26). The molecule has 1 heterocycles. The second-order valence-corrected chi connectivity index (χ2v) is 7.29. The highest BCUT2D eigenvalue weighted by Crippen LogP contribution is 2.25. The Kier molecular flexibility index (Phi) is 6.20. The second kappa shape index (κ2) is 8.79. The van der Waals surface area contributed by atoms with Gasteiger partial charge in [-0.25, -0.2) is 4.68 Å². The Morgan fingerprint density at radius 3 is 2.64 bits per heavy atom. The van der Waals surface area contributed by atoms with Crippen molar-refractivity contribution in [3.05, 3.63) is 53.6 Å². The zero-order valence-electron chi connectivity index (χ0n) is 16.1. The van der Waals surface area contributed by atoms with Gasteiger partial charge in [-0.05, 0) is 56.2 Å². The van der Waals surface area contributed by atoms with Crippen LogP contribution in [0.25, 0.3) is 11.4 Å². The third-order valence-electron chi connectivity index (χ3n) is 3.91. The number of anilines is 1. The lowest BCUT2D eigenvalue weighted by atomic mass is 10.1. The molecule has 3 rings (SSSR count). The quantitative estimate of drug-likeness (QED) is 0.469. The van der Waals surface area contributed by atoms with Gasteiger partial charge in [-0.2, -0.15) is 0 Å². The van der Waals surface area contributed by atoms with Crippen molar-refractivity contribution in [1.82, 2.24) is 14.9 Å². The summed E-state index contributed by atoms with van der Waals surface area (Å²) in [7, 11) is 0. The summed E-state index contributed by atoms with van der Waals surface area (Å²) >= 11 is 1.23. The number of nitrogen functional groups attached to an aromatic ring is 1. The summed E-state index contributed by atoms with van der Waals surface area (Å²) in [5.41, 5.74) is 3.78. The molecule has 0 saturated heterocycles. The van der Waals surface area contributed by atoms with Crippen LogP contribution in [0.4, 0.5) is 5.69 Å². The zero-order valence-corrected chi connectivity index (χ0v) is 16.9. The Morgan fingerprint density at radius 1 is 1.18 bits per heavy atom. The number of nitrogens with zero attached hydrogens (tertiary/aromatic N) is 3. The van der Waals surface area contributed by atoms with Crippen LogP contribution in [0.2, 0.25) is 0 Å². The molecule has 1 aromatic heterocycles. The molecule has 0 radical (unpaired) electrons. The van der Waals surface area contributed by atoms with Crippen molar-refractivity contribution in [2.45, 2.75) is 25.9 Å². The predicted octanol–water partition coefficient (Wildman–Crippen LogP) is 3.41. The first kappa shape index (κ1) is 19.8. The molecule has 0 unspecified atom stereocenters. The Labute approximate surface area is 168 Å². The van der Waals surface area contributed by atoms with Crippen LogP contribution in [0.5, 0.6) is 5.75 Å². The molecule has 0 fully saturated rings. The van der Waals surface area contributed by atoms with E-state index in [2.05, 4.69) is 21.6 Å². The van der Waals surface area contributed by atoms with Crippen LogP contribution in [0, 0.1) is 13.8 Å². The highest BCUT2D eigenvalue weighted by Gasteiger charge is 2.14. The van der Waals surface area contributed by atoms with Gasteiger partial charge in [0, 0.05) is 11.3 Å². The monoisotopic (exact) mass is 397 g/mol. The lowest BCUT2D eigenvalue weighted by molar-refractivity contribution is -0.113. The van der Waals surface area contributed by atoms with Gasteiger partial charge in [0.2, 0.25) is 11.1 Å². The van der Waals surface area contributed by atoms with E-state index in [9.17, 15) is 4.79 Å². The lowest BCUT2D eigenvalue weighted by Gasteiger charge is -2.08. The van der Waals surface area contributed by atoms with Crippen molar-refractivity contribution < 1.29 is 9.53 Å². The van der Waals surface area contributed by atoms with Gasteiger partial charge in [0.15, 0.2) is 5.82 Å². The number of aryl methyl sites for hydroxylation is 2. The van der Waals surface area contributed by atoms with Crippen molar-refractivity contribution in [2.24, 2.45) is 0 Å². The first-order chi connectivity index (χ1) is 13.5. The molecule has 8 heteroatoms. The number of nitrogens with one attached hydrogen (secondary N) is 1. The minimum absolute atomic E-state index is 0.127. The summed E-state index contributed by atoms with van der Waals surface area (Å²) in [5.74, 6) is 7.44. The summed E-state index contributed by atoms with van der Waals surface area (Å²) in [6.45, 7) is 6.50. The second-order valence-electron chi connectivity index (χ2n) is 6.35. The van der Waals surface area contributed by atoms with Crippen molar-refractivity contribution in [2.75, 3.05) is 23.5 Å². The molecule has 0 saturated carbocycles. The van der Waals surface area contributed by atoms with Gasteiger partial charge in [0.1, 0.15) is 5.75 Å². The third kappa shape index (κ3) is 4.83. The van der Waals surface area contributed by atoms with Crippen LogP contribution >= 0.6 is 11.8 Å². The number of hydrogen-bond acceptors (Lipinski definition) is 6. The fourth-order valence-electron chi connectivity index (χ4n) is 2.84. The summed E-state index contributed by atoms with van der Waals surface area (Å²) in [6.07, 6.45) is 0. The Hall–Kier alpha value is -3.00. The maximum atomic E-state index is 12.3. The highest BCUT2D eigenvalue weighted by atomic mass is 32.2. The van der Waals surface area contributed by atoms with Gasteiger partial charge in [-0.15, -0.1) is 10.2 Å². The number of thioether (sulfide) groups is 1. The third-order valence-corrected chi connectivity index (χ3v) is 4.85. The topological polar surface area (TPSA) is 95.1 Å². The molecule has 146 valence electrons. The fourth-order valence-corrected chi connectivity index (χ4v) is 3.49. The molecule has 0 bridgehead atoms. The number of carbonyl (C=O) groups excluding carboxylic acids is 1. The van der Waals surface area contributed by atoms with Gasteiger partial charge < -0.3 is 15.9 Å². The molecular formula is C20H23N5O2S. The number of amides is 1. The van der Waals surface area contributed by atoms with Gasteiger partial charge >= 0.3 is 0 Å². The highest BCUT2D eigenvalue weighted by molar-refractivity contribution is 7.99. The average Bonchev–Trinajstić information content (AvgIpc) is 3.00. The number of rotatable bonds is 7. The number of ether oxygens (including phenoxy) is 1. The zero-order chi connectivity index (χ0) is 20.1. The lowest BCUT2D eigenvalue weighted by Crippen LogP contribution is -2.16. The van der Waals surface area contributed by atoms with Gasteiger partial charge in [-0.1, -0.05) is 30.0 Å². The molecule has 2 aromatic carbocycles. The normalized spacial score (nSPS) is 10.7. The van der Waals surface area contributed by atoms with E-state index in [1.165, 1.54) is 16.4 Å². The van der Waals surface area contributed by atoms with Gasteiger partial charge in [0.05, 0.1) is 12.4 Å². The minimum atomic E-state index is -0.127. The molecule has 0 atom stereocenters. The maximum Gasteiger partial charge on any atom is 0.234 e. The number of nitrogens with two attached hydrogens (primary N) is 1. The number of carbonyl (C=O) groups is 1. The average molecular weight is 398 g/mol. The number of hydrogen-bond donors (Lipinski definition) is 2. The molecule has 1 amide bonds. The molecule has 3 N–H and O–H groups in total. The summed E-state index contributed by atoms with van der Waals surface area (Å²) in [5, 5.41) is 11.6. The van der Waals surface area contributed by atoms with Crippen LogP contribution < -0.4 is 15.9 Å². The van der Waals surface area contributed by atoms with E-state index in [0.717, 1.165) is 28.1 Å². The first-order valence-corrected chi connectivity index (χ1v) is 9.89. The van der Waals surface area contributed by atoms with Gasteiger partial charge in [-0.3, -0.25) is 4.79 Å². The Morgan fingerprint density at radius 2 is 1.93 bits per heavy atom. The van der Waals surface area contributed by atoms with Crippen LogP contribution in [-0.2, 0) is 4.79 Å². The SMILES string of the molecule is CCOc1cccc(-c2nnc(SCC(=O)Nc3cc(C)cc(C)c3)n2N)c1. The van der Waals surface area contributed by atoms with Crippen LogP contribution in [0.3, 0.4) is 0 Å². The van der Waals surface area contributed by atoms with Crippen molar-refractivity contribution in [3.8, 4) is 17.1 Å². The molecule has 0 aliphatic heterocycles. The smallest absolute Gasteiger partial charge is 0.234 e. The molecule has 3 aromatic rings. The molecule has 0 spiro atoms. The Bertz CT molecular complexity index is 966. The van der Waals surface area contributed by atoms with Crippen molar-refractivity contribution >= 4 is 23.4 Å². The van der Waals surface area contributed by atoms with Crippen LogP contribution in [-0.4, -0.2) is 33.1 Å². The van der Waals surface area contributed by atoms with Crippen molar-refractivity contribution in [3.63, 3.8) is 0 Å². The summed E-state index contributed by atoms with van der Waals surface area (Å²) < 4.78 is 6.90. The van der Waals surface area contributed by atoms with E-state index in [0.29, 0.717) is 17.6 Å². The molecule has 0 aliphatic carbocycles. The summed E-state index contributed by atoms with van der Waals surface area (Å²) in [6, 6.07) is 13.4.